The number of hydrogen-bond donors (Lipinski definition) is 1. The molecule has 2 aromatic heterocycles. The van der Waals surface area contributed by atoms with E-state index in [2.05, 4.69) is 10.1 Å². The van der Waals surface area contributed by atoms with Crippen molar-refractivity contribution in [1.82, 2.24) is 15.2 Å². The fraction of sp³-hybridized carbons (Fsp3) is 0.235. The van der Waals surface area contributed by atoms with Crippen molar-refractivity contribution in [3.05, 3.63) is 46.0 Å². The molecule has 0 saturated heterocycles. The molecule has 0 aliphatic heterocycles. The van der Waals surface area contributed by atoms with Crippen LogP contribution < -0.4 is 4.90 Å². The first-order chi connectivity index (χ1) is 12.6. The van der Waals surface area contributed by atoms with Crippen molar-refractivity contribution in [2.45, 2.75) is 26.9 Å². The van der Waals surface area contributed by atoms with Crippen LogP contribution in [0.4, 0.5) is 28.3 Å². The predicted molar refractivity (Wildman–Crippen MR) is 93.5 cm³/mol. The average molecular weight is 398 g/mol. The lowest BCUT2D eigenvalue weighted by molar-refractivity contribution is -0.141. The zero-order valence-corrected chi connectivity index (χ0v) is 15.3. The quantitative estimate of drug-likeness (QED) is 0.502. The Bertz CT molecular complexity index is 1010. The molecule has 3 aromatic rings. The summed E-state index contributed by atoms with van der Waals surface area (Å²) in [7, 11) is 0. The van der Waals surface area contributed by atoms with Gasteiger partial charge in [0, 0.05) is 11.1 Å². The lowest BCUT2D eigenvalue weighted by atomic mass is 10.1. The number of aromatic nitrogens is 3. The normalized spacial score (nSPS) is 11.7. The molecule has 5 nitrogen and oxygen atoms in total. The lowest BCUT2D eigenvalue weighted by Gasteiger charge is -2.17. The number of thiazole rings is 1. The Hall–Kier alpha value is -2.75. The van der Waals surface area contributed by atoms with Crippen LogP contribution in [0.3, 0.4) is 0 Å². The van der Waals surface area contributed by atoms with Crippen LogP contribution in [0.5, 0.6) is 0 Å². The van der Waals surface area contributed by atoms with Crippen LogP contribution >= 0.6 is 11.3 Å². The maximum absolute atomic E-state index is 14.6. The number of amides is 1. The van der Waals surface area contributed by atoms with Crippen molar-refractivity contribution in [1.29, 1.82) is 0 Å². The van der Waals surface area contributed by atoms with E-state index in [1.165, 1.54) is 35.3 Å². The minimum absolute atomic E-state index is 0.0916. The van der Waals surface area contributed by atoms with Gasteiger partial charge in [0.2, 0.25) is 6.41 Å². The second kappa shape index (κ2) is 6.76. The number of carbonyl (C=O) groups excluding carboxylic acids is 1. The number of H-pyrrole nitrogens is 1. The maximum Gasteiger partial charge on any atom is 0.433 e. The Kier molecular flexibility index (Phi) is 4.77. The van der Waals surface area contributed by atoms with Crippen LogP contribution in [-0.4, -0.2) is 21.6 Å². The number of nitrogens with one attached hydrogen (secondary N) is 1. The van der Waals surface area contributed by atoms with Crippen LogP contribution in [0.2, 0.25) is 0 Å². The molecule has 1 aromatic carbocycles. The molecule has 1 amide bonds. The minimum atomic E-state index is -4.61. The van der Waals surface area contributed by atoms with Gasteiger partial charge in [0.15, 0.2) is 0 Å². The van der Waals surface area contributed by atoms with E-state index >= 15 is 0 Å². The van der Waals surface area contributed by atoms with Crippen LogP contribution in [0.1, 0.15) is 22.0 Å². The standard InChI is InChI=1S/C17H14F4N4OS/c1-8-14(23-24-15(8)17(19,20)21)12-5-4-11(6-13(12)18)25(7-26)16-9(2)22-10(3)27-16/h4-7H,1-3H3,(H,23,24). The molecule has 27 heavy (non-hydrogen) atoms. The van der Waals surface area contributed by atoms with E-state index in [1.54, 1.807) is 13.8 Å². The second-order valence-corrected chi connectivity index (χ2v) is 7.01. The van der Waals surface area contributed by atoms with E-state index in [0.717, 1.165) is 11.1 Å². The number of anilines is 2. The molecule has 0 spiro atoms. The SMILES string of the molecule is Cc1nc(C)c(N(C=O)c2ccc(-c3n[nH]c(C(F)(F)F)c3C)c(F)c2)s1. The van der Waals surface area contributed by atoms with Gasteiger partial charge in [0.25, 0.3) is 0 Å². The highest BCUT2D eigenvalue weighted by Gasteiger charge is 2.36. The molecule has 0 unspecified atom stereocenters. The molecule has 3 rings (SSSR count). The Morgan fingerprint density at radius 1 is 1.22 bits per heavy atom. The summed E-state index contributed by atoms with van der Waals surface area (Å²) in [5.74, 6) is -0.790. The number of nitrogens with zero attached hydrogens (tertiary/aromatic N) is 3. The molecule has 0 aliphatic carbocycles. The van der Waals surface area contributed by atoms with Gasteiger partial charge >= 0.3 is 6.18 Å². The fourth-order valence-corrected chi connectivity index (χ4v) is 3.65. The average Bonchev–Trinajstić information content (AvgIpc) is 3.11. The molecule has 0 aliphatic rings. The minimum Gasteiger partial charge on any atom is -0.278 e. The summed E-state index contributed by atoms with van der Waals surface area (Å²) >= 11 is 1.28. The second-order valence-electron chi connectivity index (χ2n) is 5.83. The zero-order valence-electron chi connectivity index (χ0n) is 14.5. The molecule has 0 radical (unpaired) electrons. The molecule has 2 heterocycles. The van der Waals surface area contributed by atoms with Gasteiger partial charge in [0.05, 0.1) is 22.1 Å². The summed E-state index contributed by atoms with van der Waals surface area (Å²) in [4.78, 5) is 17.0. The molecule has 1 N–H and O–H groups in total. The van der Waals surface area contributed by atoms with E-state index in [4.69, 9.17) is 0 Å². The maximum atomic E-state index is 14.6. The van der Waals surface area contributed by atoms with Crippen LogP contribution in [0.25, 0.3) is 11.3 Å². The number of hydrogen-bond acceptors (Lipinski definition) is 4. The molecule has 0 saturated carbocycles. The van der Waals surface area contributed by atoms with Gasteiger partial charge in [-0.1, -0.05) is 0 Å². The summed E-state index contributed by atoms with van der Waals surface area (Å²) in [6, 6.07) is 3.83. The van der Waals surface area contributed by atoms with Gasteiger partial charge in [-0.3, -0.25) is 14.8 Å². The Labute approximate surface area is 155 Å². The summed E-state index contributed by atoms with van der Waals surface area (Å²) in [6.07, 6.45) is -4.07. The Balaban J connectivity index is 2.03. The molecule has 0 fully saturated rings. The first-order valence-electron chi connectivity index (χ1n) is 7.74. The summed E-state index contributed by atoms with van der Waals surface area (Å²) in [5.41, 5.74) is -0.587. The lowest BCUT2D eigenvalue weighted by Crippen LogP contribution is -2.14. The van der Waals surface area contributed by atoms with Crippen molar-refractivity contribution in [3.8, 4) is 11.3 Å². The van der Waals surface area contributed by atoms with E-state index < -0.39 is 17.7 Å². The molecule has 0 atom stereocenters. The number of alkyl halides is 3. The van der Waals surface area contributed by atoms with Crippen molar-refractivity contribution in [3.63, 3.8) is 0 Å². The third-order valence-electron chi connectivity index (χ3n) is 3.98. The van der Waals surface area contributed by atoms with Gasteiger partial charge < -0.3 is 0 Å². The first-order valence-corrected chi connectivity index (χ1v) is 8.55. The van der Waals surface area contributed by atoms with Gasteiger partial charge in [0.1, 0.15) is 16.5 Å². The number of carbonyl (C=O) groups is 1. The van der Waals surface area contributed by atoms with Crippen molar-refractivity contribution in [2.24, 2.45) is 0 Å². The van der Waals surface area contributed by atoms with Gasteiger partial charge in [-0.05, 0) is 39.0 Å². The first kappa shape index (κ1) is 19.0. The van der Waals surface area contributed by atoms with Crippen LogP contribution in [0.15, 0.2) is 18.2 Å². The Morgan fingerprint density at radius 3 is 2.41 bits per heavy atom. The van der Waals surface area contributed by atoms with Crippen molar-refractivity contribution >= 4 is 28.4 Å². The Morgan fingerprint density at radius 2 is 1.93 bits per heavy atom. The summed E-state index contributed by atoms with van der Waals surface area (Å²) in [6.45, 7) is 4.73. The molecular formula is C17H14F4N4OS. The van der Waals surface area contributed by atoms with Crippen LogP contribution in [-0.2, 0) is 11.0 Å². The number of benzene rings is 1. The molecule has 0 bridgehead atoms. The van der Waals surface area contributed by atoms with Gasteiger partial charge in [-0.15, -0.1) is 11.3 Å². The molecule has 10 heteroatoms. The third kappa shape index (κ3) is 3.44. The summed E-state index contributed by atoms with van der Waals surface area (Å²) in [5, 5.41) is 6.81. The highest BCUT2D eigenvalue weighted by molar-refractivity contribution is 7.16. The topological polar surface area (TPSA) is 61.9 Å². The third-order valence-corrected chi connectivity index (χ3v) is 5.05. The zero-order chi connectivity index (χ0) is 19.9. The van der Waals surface area contributed by atoms with E-state index in [0.29, 0.717) is 17.1 Å². The van der Waals surface area contributed by atoms with E-state index in [9.17, 15) is 22.4 Å². The predicted octanol–water partition coefficient (Wildman–Crippen LogP) is 4.91. The smallest absolute Gasteiger partial charge is 0.278 e. The van der Waals surface area contributed by atoms with Crippen molar-refractivity contribution < 1.29 is 22.4 Å². The fourth-order valence-electron chi connectivity index (χ4n) is 2.75. The highest BCUT2D eigenvalue weighted by Crippen LogP contribution is 2.37. The number of aryl methyl sites for hydroxylation is 2. The van der Waals surface area contributed by atoms with Gasteiger partial charge in [-0.2, -0.15) is 18.3 Å². The molecule has 142 valence electrons. The monoisotopic (exact) mass is 398 g/mol. The van der Waals surface area contributed by atoms with E-state index in [-0.39, 0.29) is 22.5 Å². The van der Waals surface area contributed by atoms with E-state index in [1.807, 2.05) is 5.10 Å². The number of aromatic amines is 1. The van der Waals surface area contributed by atoms with Crippen molar-refractivity contribution in [2.75, 3.05) is 4.90 Å². The largest absolute Gasteiger partial charge is 0.433 e. The highest BCUT2D eigenvalue weighted by atomic mass is 32.1. The summed E-state index contributed by atoms with van der Waals surface area (Å²) < 4.78 is 53.4. The molecular weight excluding hydrogens is 384 g/mol. The number of rotatable bonds is 4. The van der Waals surface area contributed by atoms with Crippen LogP contribution in [0, 0.1) is 26.6 Å². The van der Waals surface area contributed by atoms with Gasteiger partial charge in [-0.25, -0.2) is 9.37 Å². The number of halogens is 4.